The quantitative estimate of drug-likeness (QED) is 0.444. The van der Waals surface area contributed by atoms with Gasteiger partial charge >= 0.3 is 11.9 Å². The number of aliphatic carboxylic acids is 2. The zero-order valence-corrected chi connectivity index (χ0v) is 14.6. The number of unbranched alkanes of at least 4 members (excludes halogenated alkanes) is 2. The Hall–Kier alpha value is -1.92. The molecule has 0 aromatic heterocycles. The summed E-state index contributed by atoms with van der Waals surface area (Å²) < 4.78 is 0. The molecule has 1 aromatic rings. The Morgan fingerprint density at radius 3 is 2.04 bits per heavy atom. The van der Waals surface area contributed by atoms with Crippen LogP contribution in [0.25, 0.3) is 0 Å². The van der Waals surface area contributed by atoms with Crippen molar-refractivity contribution in [2.45, 2.75) is 56.9 Å². The molecule has 140 valence electrons. The highest BCUT2D eigenvalue weighted by atomic mass is 16.4. The number of hydrogen-bond donors (Lipinski definition) is 4. The molecule has 0 unspecified atom stereocenters. The maximum atomic E-state index is 9.10. The molecule has 0 atom stereocenters. The van der Waals surface area contributed by atoms with Crippen molar-refractivity contribution in [1.29, 1.82) is 0 Å². The predicted octanol–water partition coefficient (Wildman–Crippen LogP) is 2.75. The Kier molecular flexibility index (Phi) is 9.80. The van der Waals surface area contributed by atoms with Crippen molar-refractivity contribution in [2.24, 2.45) is 0 Å². The van der Waals surface area contributed by atoms with Crippen molar-refractivity contribution in [2.75, 3.05) is 13.2 Å². The molecule has 4 N–H and O–H groups in total. The van der Waals surface area contributed by atoms with Gasteiger partial charge in [-0.2, -0.15) is 0 Å². The summed E-state index contributed by atoms with van der Waals surface area (Å²) in [5, 5.41) is 27.4. The van der Waals surface area contributed by atoms with E-state index in [0.717, 1.165) is 25.8 Å². The van der Waals surface area contributed by atoms with Gasteiger partial charge in [0.2, 0.25) is 0 Å². The van der Waals surface area contributed by atoms with Gasteiger partial charge in [0.1, 0.15) is 0 Å². The summed E-state index contributed by atoms with van der Waals surface area (Å²) in [6.07, 6.45) is 9.77. The van der Waals surface area contributed by atoms with E-state index in [0.29, 0.717) is 6.61 Å². The van der Waals surface area contributed by atoms with Crippen molar-refractivity contribution in [3.8, 4) is 0 Å². The number of aliphatic hydroxyl groups excluding tert-OH is 1. The van der Waals surface area contributed by atoms with Crippen LogP contribution in [-0.4, -0.2) is 40.4 Å². The van der Waals surface area contributed by atoms with Crippen LogP contribution in [0.4, 0.5) is 0 Å². The van der Waals surface area contributed by atoms with E-state index in [1.54, 1.807) is 0 Å². The van der Waals surface area contributed by atoms with E-state index in [2.05, 4.69) is 35.6 Å². The molecule has 1 fully saturated rings. The van der Waals surface area contributed by atoms with E-state index in [1.807, 2.05) is 0 Å². The normalized spacial score (nSPS) is 15.7. The summed E-state index contributed by atoms with van der Waals surface area (Å²) in [7, 11) is 0. The fourth-order valence-corrected chi connectivity index (χ4v) is 3.22. The van der Waals surface area contributed by atoms with Crippen molar-refractivity contribution in [3.05, 3.63) is 35.9 Å². The lowest BCUT2D eigenvalue weighted by molar-refractivity contribution is -0.159. The molecule has 6 heteroatoms. The van der Waals surface area contributed by atoms with Gasteiger partial charge in [0.25, 0.3) is 0 Å². The maximum absolute atomic E-state index is 9.10. The van der Waals surface area contributed by atoms with Crippen LogP contribution in [0.2, 0.25) is 0 Å². The van der Waals surface area contributed by atoms with E-state index in [4.69, 9.17) is 24.9 Å². The molecule has 0 aliphatic heterocycles. The van der Waals surface area contributed by atoms with Crippen LogP contribution in [-0.2, 0) is 15.1 Å². The molecule has 0 radical (unpaired) electrons. The van der Waals surface area contributed by atoms with Gasteiger partial charge in [0.15, 0.2) is 0 Å². The summed E-state index contributed by atoms with van der Waals surface area (Å²) in [5.41, 5.74) is 1.66. The fraction of sp³-hybridized carbons (Fsp3) is 0.579. The molecule has 25 heavy (non-hydrogen) atoms. The highest BCUT2D eigenvalue weighted by Crippen LogP contribution is 2.36. The average Bonchev–Trinajstić information content (AvgIpc) is 2.63. The Balaban J connectivity index is 0.000000450. The van der Waals surface area contributed by atoms with Gasteiger partial charge in [0.05, 0.1) is 0 Å². The molecule has 1 aliphatic carbocycles. The fourth-order valence-electron chi connectivity index (χ4n) is 3.22. The number of carboxylic acids is 2. The number of carbonyl (C=O) groups is 2. The maximum Gasteiger partial charge on any atom is 0.414 e. The van der Waals surface area contributed by atoms with Crippen LogP contribution in [0.5, 0.6) is 0 Å². The monoisotopic (exact) mass is 351 g/mol. The van der Waals surface area contributed by atoms with E-state index in [9.17, 15) is 0 Å². The number of nitrogens with one attached hydrogen (secondary N) is 1. The lowest BCUT2D eigenvalue weighted by Gasteiger charge is -2.39. The number of aliphatic hydroxyl groups is 1. The third-order valence-electron chi connectivity index (χ3n) is 4.51. The van der Waals surface area contributed by atoms with Gasteiger partial charge in [-0.15, -0.1) is 0 Å². The zero-order chi connectivity index (χ0) is 18.5. The van der Waals surface area contributed by atoms with Gasteiger partial charge in [-0.25, -0.2) is 9.59 Å². The van der Waals surface area contributed by atoms with Gasteiger partial charge in [-0.05, 0) is 44.2 Å². The van der Waals surface area contributed by atoms with Crippen LogP contribution in [0.1, 0.15) is 56.9 Å². The topological polar surface area (TPSA) is 107 Å². The van der Waals surface area contributed by atoms with Crippen LogP contribution < -0.4 is 5.32 Å². The number of benzene rings is 1. The second-order valence-corrected chi connectivity index (χ2v) is 6.33. The van der Waals surface area contributed by atoms with E-state index in [1.165, 1.54) is 37.7 Å². The summed E-state index contributed by atoms with van der Waals surface area (Å²) in [6.45, 7) is 1.39. The van der Waals surface area contributed by atoms with Crippen molar-refractivity contribution in [1.82, 2.24) is 5.32 Å². The molecule has 0 spiro atoms. The summed E-state index contributed by atoms with van der Waals surface area (Å²) in [6, 6.07) is 10.9. The first-order valence-corrected chi connectivity index (χ1v) is 8.89. The third kappa shape index (κ3) is 7.67. The van der Waals surface area contributed by atoms with Crippen molar-refractivity contribution in [3.63, 3.8) is 0 Å². The molecule has 1 saturated carbocycles. The van der Waals surface area contributed by atoms with Crippen LogP contribution in [0.15, 0.2) is 30.3 Å². The highest BCUT2D eigenvalue weighted by molar-refractivity contribution is 6.27. The summed E-state index contributed by atoms with van der Waals surface area (Å²) >= 11 is 0. The molecule has 0 bridgehead atoms. The van der Waals surface area contributed by atoms with Gasteiger partial charge < -0.3 is 20.6 Å². The Morgan fingerprint density at radius 1 is 0.920 bits per heavy atom. The lowest BCUT2D eigenvalue weighted by atomic mass is 9.76. The van der Waals surface area contributed by atoms with Gasteiger partial charge in [0, 0.05) is 12.1 Å². The molecule has 0 amide bonds. The van der Waals surface area contributed by atoms with Gasteiger partial charge in [-0.3, -0.25) is 0 Å². The minimum atomic E-state index is -1.82. The smallest absolute Gasteiger partial charge is 0.414 e. The Labute approximate surface area is 148 Å². The first-order chi connectivity index (χ1) is 12.0. The molecule has 6 nitrogen and oxygen atoms in total. The lowest BCUT2D eigenvalue weighted by Crippen LogP contribution is -2.44. The zero-order valence-electron chi connectivity index (χ0n) is 14.6. The van der Waals surface area contributed by atoms with Crippen molar-refractivity contribution < 1.29 is 24.9 Å². The van der Waals surface area contributed by atoms with E-state index in [-0.39, 0.29) is 5.54 Å². The first kappa shape index (κ1) is 21.1. The SMILES string of the molecule is O=C(O)C(=O)O.OCCCCCNC1(c2ccccc2)CCCCC1. The van der Waals surface area contributed by atoms with Gasteiger partial charge in [-0.1, -0.05) is 49.6 Å². The minimum absolute atomic E-state index is 0.207. The Morgan fingerprint density at radius 2 is 1.52 bits per heavy atom. The number of carboxylic acid groups (broad SMARTS) is 2. The first-order valence-electron chi connectivity index (χ1n) is 8.89. The van der Waals surface area contributed by atoms with E-state index >= 15 is 0 Å². The molecule has 1 aliphatic rings. The van der Waals surface area contributed by atoms with E-state index < -0.39 is 11.9 Å². The summed E-state index contributed by atoms with van der Waals surface area (Å²) in [4.78, 5) is 18.2. The third-order valence-corrected chi connectivity index (χ3v) is 4.51. The molecule has 0 heterocycles. The average molecular weight is 351 g/mol. The largest absolute Gasteiger partial charge is 0.473 e. The Bertz CT molecular complexity index is 500. The molecule has 2 rings (SSSR count). The predicted molar refractivity (Wildman–Crippen MR) is 95.4 cm³/mol. The minimum Gasteiger partial charge on any atom is -0.473 e. The highest BCUT2D eigenvalue weighted by Gasteiger charge is 2.32. The second kappa shape index (κ2) is 11.6. The van der Waals surface area contributed by atoms with Crippen molar-refractivity contribution >= 4 is 11.9 Å². The van der Waals surface area contributed by atoms with Crippen LogP contribution >= 0.6 is 0 Å². The molecular weight excluding hydrogens is 322 g/mol. The second-order valence-electron chi connectivity index (χ2n) is 6.33. The van der Waals surface area contributed by atoms with Crippen LogP contribution in [0, 0.1) is 0 Å². The van der Waals surface area contributed by atoms with Crippen LogP contribution in [0.3, 0.4) is 0 Å². The number of hydrogen-bond acceptors (Lipinski definition) is 4. The standard InChI is InChI=1S/C17H27NO.C2H2O4/c19-15-9-3-8-14-18-17(12-6-2-7-13-17)16-10-4-1-5-11-16;3-1(4)2(5)6/h1,4-5,10-11,18-19H,2-3,6-9,12-15H2;(H,3,4)(H,5,6). The molecule has 1 aromatic carbocycles. The number of rotatable bonds is 7. The molecular formula is C19H29NO5. The molecule has 0 saturated heterocycles. The summed E-state index contributed by atoms with van der Waals surface area (Å²) in [5.74, 6) is -3.65.